The van der Waals surface area contributed by atoms with Gasteiger partial charge in [-0.05, 0) is 13.3 Å². The SMILES string of the molecule is CCCCCC(C)N1CC(N2CCNCC2)C1. The van der Waals surface area contributed by atoms with Gasteiger partial charge in [0, 0.05) is 51.4 Å². The van der Waals surface area contributed by atoms with E-state index in [1.807, 2.05) is 0 Å². The average Bonchev–Trinajstić information content (AvgIpc) is 2.29. The number of nitrogens with one attached hydrogen (secondary N) is 1. The van der Waals surface area contributed by atoms with Crippen LogP contribution in [0.5, 0.6) is 0 Å². The van der Waals surface area contributed by atoms with Gasteiger partial charge in [-0.2, -0.15) is 0 Å². The molecule has 2 heterocycles. The molecule has 0 saturated carbocycles. The Hall–Kier alpha value is -0.120. The highest BCUT2D eigenvalue weighted by atomic mass is 15.3. The van der Waals surface area contributed by atoms with E-state index in [-0.39, 0.29) is 0 Å². The third-order valence-corrected chi connectivity index (χ3v) is 4.41. The molecule has 1 N–H and O–H groups in total. The lowest BCUT2D eigenvalue weighted by molar-refractivity contribution is 0.00160. The minimum Gasteiger partial charge on any atom is -0.314 e. The summed E-state index contributed by atoms with van der Waals surface area (Å²) in [5.74, 6) is 0. The fraction of sp³-hybridized carbons (Fsp3) is 1.00. The van der Waals surface area contributed by atoms with Gasteiger partial charge in [-0.25, -0.2) is 0 Å². The van der Waals surface area contributed by atoms with E-state index in [1.165, 1.54) is 65.0 Å². The van der Waals surface area contributed by atoms with Crippen molar-refractivity contribution in [1.82, 2.24) is 15.1 Å². The van der Waals surface area contributed by atoms with Gasteiger partial charge in [0.05, 0.1) is 0 Å². The van der Waals surface area contributed by atoms with E-state index in [1.54, 1.807) is 0 Å². The molecule has 3 heteroatoms. The standard InChI is InChI=1S/C14H29N3/c1-3-4-5-6-13(2)17-11-14(12-17)16-9-7-15-8-10-16/h13-15H,3-12H2,1-2H3. The number of piperazine rings is 1. The normalized spacial score (nSPS) is 25.8. The van der Waals surface area contributed by atoms with Crippen LogP contribution in [0.1, 0.15) is 39.5 Å². The Morgan fingerprint density at radius 3 is 2.53 bits per heavy atom. The zero-order valence-corrected chi connectivity index (χ0v) is 11.6. The Bertz CT molecular complexity index is 208. The summed E-state index contributed by atoms with van der Waals surface area (Å²) in [6, 6.07) is 1.66. The fourth-order valence-corrected chi connectivity index (χ4v) is 3.00. The Balaban J connectivity index is 1.60. The van der Waals surface area contributed by atoms with Crippen molar-refractivity contribution in [2.45, 2.75) is 51.6 Å². The molecule has 0 aromatic heterocycles. The van der Waals surface area contributed by atoms with Crippen LogP contribution in [-0.2, 0) is 0 Å². The average molecular weight is 239 g/mol. The lowest BCUT2D eigenvalue weighted by Gasteiger charge is -2.49. The number of nitrogens with zero attached hydrogens (tertiary/aromatic N) is 2. The molecule has 100 valence electrons. The van der Waals surface area contributed by atoms with E-state index in [9.17, 15) is 0 Å². The highest BCUT2D eigenvalue weighted by molar-refractivity contribution is 4.91. The van der Waals surface area contributed by atoms with Crippen molar-refractivity contribution in [3.05, 3.63) is 0 Å². The van der Waals surface area contributed by atoms with Crippen LogP contribution in [0, 0.1) is 0 Å². The first-order valence-electron chi connectivity index (χ1n) is 7.50. The van der Waals surface area contributed by atoms with Gasteiger partial charge in [0.15, 0.2) is 0 Å². The van der Waals surface area contributed by atoms with Crippen molar-refractivity contribution in [3.8, 4) is 0 Å². The fourth-order valence-electron chi connectivity index (χ4n) is 3.00. The molecule has 1 atom stereocenters. The molecule has 0 aromatic carbocycles. The summed E-state index contributed by atoms with van der Waals surface area (Å²) in [5, 5.41) is 3.43. The van der Waals surface area contributed by atoms with Crippen LogP contribution < -0.4 is 5.32 Å². The molecule has 2 aliphatic heterocycles. The van der Waals surface area contributed by atoms with Crippen molar-refractivity contribution in [1.29, 1.82) is 0 Å². The third kappa shape index (κ3) is 3.67. The summed E-state index contributed by atoms with van der Waals surface area (Å²) < 4.78 is 0. The maximum atomic E-state index is 3.43. The first-order chi connectivity index (χ1) is 8.31. The first-order valence-corrected chi connectivity index (χ1v) is 7.50. The molecule has 2 aliphatic rings. The summed E-state index contributed by atoms with van der Waals surface area (Å²) in [6.45, 7) is 12.2. The number of rotatable bonds is 6. The summed E-state index contributed by atoms with van der Waals surface area (Å²) in [7, 11) is 0. The Labute approximate surface area is 107 Å². The highest BCUT2D eigenvalue weighted by Gasteiger charge is 2.34. The molecule has 0 aromatic rings. The monoisotopic (exact) mass is 239 g/mol. The molecule has 0 amide bonds. The van der Waals surface area contributed by atoms with E-state index in [4.69, 9.17) is 0 Å². The summed E-state index contributed by atoms with van der Waals surface area (Å²) >= 11 is 0. The van der Waals surface area contributed by atoms with Gasteiger partial charge in [-0.15, -0.1) is 0 Å². The number of hydrogen-bond acceptors (Lipinski definition) is 3. The maximum absolute atomic E-state index is 3.43. The van der Waals surface area contributed by atoms with Gasteiger partial charge >= 0.3 is 0 Å². The van der Waals surface area contributed by atoms with Crippen LogP contribution in [0.15, 0.2) is 0 Å². The van der Waals surface area contributed by atoms with Crippen LogP contribution in [0.3, 0.4) is 0 Å². The minimum atomic E-state index is 0.806. The number of unbranched alkanes of at least 4 members (excludes halogenated alkanes) is 2. The number of hydrogen-bond donors (Lipinski definition) is 1. The summed E-state index contributed by atoms with van der Waals surface area (Å²) in [4.78, 5) is 5.34. The quantitative estimate of drug-likeness (QED) is 0.710. The van der Waals surface area contributed by atoms with Crippen molar-refractivity contribution in [2.24, 2.45) is 0 Å². The van der Waals surface area contributed by atoms with E-state index >= 15 is 0 Å². The Morgan fingerprint density at radius 1 is 1.18 bits per heavy atom. The lowest BCUT2D eigenvalue weighted by atomic mass is 10.00. The van der Waals surface area contributed by atoms with Crippen LogP contribution >= 0.6 is 0 Å². The highest BCUT2D eigenvalue weighted by Crippen LogP contribution is 2.21. The van der Waals surface area contributed by atoms with Gasteiger partial charge in [-0.1, -0.05) is 26.2 Å². The van der Waals surface area contributed by atoms with Crippen molar-refractivity contribution in [3.63, 3.8) is 0 Å². The van der Waals surface area contributed by atoms with Gasteiger partial charge < -0.3 is 5.32 Å². The van der Waals surface area contributed by atoms with Crippen LogP contribution in [0.25, 0.3) is 0 Å². The number of likely N-dealkylation sites (tertiary alicyclic amines) is 1. The van der Waals surface area contributed by atoms with E-state index in [2.05, 4.69) is 29.0 Å². The summed E-state index contributed by atoms with van der Waals surface area (Å²) in [5.41, 5.74) is 0. The molecule has 17 heavy (non-hydrogen) atoms. The smallest absolute Gasteiger partial charge is 0.0351 e. The molecule has 2 rings (SSSR count). The van der Waals surface area contributed by atoms with E-state index < -0.39 is 0 Å². The molecular weight excluding hydrogens is 210 g/mol. The van der Waals surface area contributed by atoms with Gasteiger partial charge in [-0.3, -0.25) is 9.80 Å². The third-order valence-electron chi connectivity index (χ3n) is 4.41. The molecule has 0 radical (unpaired) electrons. The van der Waals surface area contributed by atoms with Gasteiger partial charge in [0.1, 0.15) is 0 Å². The Morgan fingerprint density at radius 2 is 1.88 bits per heavy atom. The van der Waals surface area contributed by atoms with Crippen molar-refractivity contribution >= 4 is 0 Å². The van der Waals surface area contributed by atoms with Crippen LogP contribution in [0.2, 0.25) is 0 Å². The van der Waals surface area contributed by atoms with Crippen LogP contribution in [0.4, 0.5) is 0 Å². The van der Waals surface area contributed by atoms with E-state index in [0.717, 1.165) is 12.1 Å². The minimum absolute atomic E-state index is 0.806. The van der Waals surface area contributed by atoms with Crippen molar-refractivity contribution in [2.75, 3.05) is 39.3 Å². The van der Waals surface area contributed by atoms with Crippen LogP contribution in [-0.4, -0.2) is 61.2 Å². The second-order valence-electron chi connectivity index (χ2n) is 5.74. The molecule has 0 bridgehead atoms. The predicted octanol–water partition coefficient (Wildman–Crippen LogP) is 1.54. The van der Waals surface area contributed by atoms with Crippen molar-refractivity contribution < 1.29 is 0 Å². The predicted molar refractivity (Wildman–Crippen MR) is 73.4 cm³/mol. The molecular formula is C14H29N3. The van der Waals surface area contributed by atoms with E-state index in [0.29, 0.717) is 0 Å². The molecule has 2 fully saturated rings. The largest absolute Gasteiger partial charge is 0.314 e. The molecule has 1 unspecified atom stereocenters. The second-order valence-corrected chi connectivity index (χ2v) is 5.74. The zero-order chi connectivity index (χ0) is 12.1. The molecule has 0 spiro atoms. The molecule has 2 saturated heterocycles. The topological polar surface area (TPSA) is 18.5 Å². The molecule has 3 nitrogen and oxygen atoms in total. The lowest BCUT2D eigenvalue weighted by Crippen LogP contribution is -2.64. The first kappa shape index (κ1) is 13.3. The second kappa shape index (κ2) is 6.72. The summed E-state index contributed by atoms with van der Waals surface area (Å²) in [6.07, 6.45) is 5.55. The molecule has 0 aliphatic carbocycles. The Kier molecular flexibility index (Phi) is 5.26. The maximum Gasteiger partial charge on any atom is 0.0351 e. The zero-order valence-electron chi connectivity index (χ0n) is 11.6. The van der Waals surface area contributed by atoms with Gasteiger partial charge in [0.25, 0.3) is 0 Å². The van der Waals surface area contributed by atoms with Gasteiger partial charge in [0.2, 0.25) is 0 Å².